The minimum atomic E-state index is 0. The Morgan fingerprint density at radius 2 is 1.82 bits per heavy atom. The maximum atomic E-state index is 2.12. The van der Waals surface area contributed by atoms with Gasteiger partial charge in [0.1, 0.15) is 0 Å². The molecule has 0 N–H and O–H groups in total. The predicted octanol–water partition coefficient (Wildman–Crippen LogP) is -1.14. The molecule has 0 bridgehead atoms. The van der Waals surface area contributed by atoms with Gasteiger partial charge < -0.3 is 12.4 Å². The topological polar surface area (TPSA) is 3.88 Å². The molecule has 0 aliphatic carbocycles. The number of rotatable bonds is 2. The highest BCUT2D eigenvalue weighted by Crippen LogP contribution is 1.80. The number of halogens is 1. The third-order valence-electron chi connectivity index (χ3n) is 1.25. The smallest absolute Gasteiger partial charge is 0.174 e. The zero-order valence-electron chi connectivity index (χ0n) is 6.57. The molecule has 60 valence electrons. The SMILES string of the molecule is CCC=C[n+]1ccccc1.[Cl-]. The van der Waals surface area contributed by atoms with Gasteiger partial charge in [0.25, 0.3) is 0 Å². The summed E-state index contributed by atoms with van der Waals surface area (Å²) < 4.78 is 2.03. The van der Waals surface area contributed by atoms with Crippen LogP contribution in [0.1, 0.15) is 13.3 Å². The summed E-state index contributed by atoms with van der Waals surface area (Å²) in [6.45, 7) is 2.12. The molecule has 0 aliphatic rings. The van der Waals surface area contributed by atoms with E-state index in [1.807, 2.05) is 35.2 Å². The number of hydrogen-bond acceptors (Lipinski definition) is 0. The normalized spacial score (nSPS) is 9.55. The standard InChI is InChI=1S/C9H12N.ClH/c1-2-3-7-10-8-5-4-6-9-10;/h3-9H,2H2,1H3;1H/q+1;/p-1. The highest BCUT2D eigenvalue weighted by Gasteiger charge is 1.86. The van der Waals surface area contributed by atoms with E-state index in [9.17, 15) is 0 Å². The lowest BCUT2D eigenvalue weighted by atomic mass is 10.4. The van der Waals surface area contributed by atoms with Gasteiger partial charge in [-0.05, 0) is 12.5 Å². The van der Waals surface area contributed by atoms with Gasteiger partial charge in [0.2, 0.25) is 0 Å². The number of pyridine rings is 1. The molecule has 0 spiro atoms. The van der Waals surface area contributed by atoms with E-state index in [1.54, 1.807) is 0 Å². The Kier molecular flexibility index (Phi) is 5.49. The van der Waals surface area contributed by atoms with Crippen molar-refractivity contribution in [3.63, 3.8) is 0 Å². The van der Waals surface area contributed by atoms with Crippen molar-refractivity contribution >= 4 is 6.20 Å². The van der Waals surface area contributed by atoms with Crippen molar-refractivity contribution in [2.24, 2.45) is 0 Å². The van der Waals surface area contributed by atoms with E-state index in [0.29, 0.717) is 0 Å². The monoisotopic (exact) mass is 169 g/mol. The first kappa shape index (κ1) is 10.2. The Balaban J connectivity index is 0.000001000. The maximum Gasteiger partial charge on any atom is 0.174 e. The second-order valence-electron chi connectivity index (χ2n) is 2.12. The molecule has 0 saturated heterocycles. The van der Waals surface area contributed by atoms with Crippen LogP contribution in [-0.4, -0.2) is 0 Å². The molecule has 2 heteroatoms. The summed E-state index contributed by atoms with van der Waals surface area (Å²) in [5, 5.41) is 0. The molecule has 1 heterocycles. The molecule has 0 saturated carbocycles. The Bertz CT molecular complexity index is 206. The molecule has 0 fully saturated rings. The highest BCUT2D eigenvalue weighted by molar-refractivity contribution is 5.05. The summed E-state index contributed by atoms with van der Waals surface area (Å²) in [5.74, 6) is 0. The first-order chi connectivity index (χ1) is 4.93. The van der Waals surface area contributed by atoms with E-state index >= 15 is 0 Å². The van der Waals surface area contributed by atoms with Gasteiger partial charge in [0.05, 0.1) is 0 Å². The van der Waals surface area contributed by atoms with Crippen molar-refractivity contribution in [1.29, 1.82) is 0 Å². The van der Waals surface area contributed by atoms with Crippen LogP contribution in [0, 0.1) is 0 Å². The van der Waals surface area contributed by atoms with Crippen molar-refractivity contribution in [3.8, 4) is 0 Å². The Labute approximate surface area is 73.8 Å². The van der Waals surface area contributed by atoms with E-state index in [1.165, 1.54) is 0 Å². The van der Waals surface area contributed by atoms with Crippen LogP contribution < -0.4 is 17.0 Å². The summed E-state index contributed by atoms with van der Waals surface area (Å²) in [6, 6.07) is 6.04. The molecule has 1 aromatic heterocycles. The van der Waals surface area contributed by atoms with Crippen molar-refractivity contribution in [2.75, 3.05) is 0 Å². The molecular weight excluding hydrogens is 158 g/mol. The van der Waals surface area contributed by atoms with Gasteiger partial charge in [0, 0.05) is 12.1 Å². The lowest BCUT2D eigenvalue weighted by Gasteiger charge is -1.82. The van der Waals surface area contributed by atoms with Crippen LogP contribution in [0.15, 0.2) is 36.7 Å². The minimum Gasteiger partial charge on any atom is -1.00 e. The molecule has 0 aliphatic heterocycles. The largest absolute Gasteiger partial charge is 1.00 e. The third kappa shape index (κ3) is 3.79. The van der Waals surface area contributed by atoms with E-state index < -0.39 is 0 Å². The zero-order valence-corrected chi connectivity index (χ0v) is 7.33. The summed E-state index contributed by atoms with van der Waals surface area (Å²) in [5.41, 5.74) is 0. The van der Waals surface area contributed by atoms with Crippen LogP contribution in [0.4, 0.5) is 0 Å². The van der Waals surface area contributed by atoms with Crippen LogP contribution >= 0.6 is 0 Å². The number of aromatic nitrogens is 1. The molecule has 1 nitrogen and oxygen atoms in total. The van der Waals surface area contributed by atoms with Gasteiger partial charge in [-0.3, -0.25) is 0 Å². The van der Waals surface area contributed by atoms with E-state index in [2.05, 4.69) is 19.2 Å². The molecule has 0 radical (unpaired) electrons. The molecule has 0 aromatic carbocycles. The lowest BCUT2D eigenvalue weighted by Crippen LogP contribution is -3.00. The van der Waals surface area contributed by atoms with E-state index in [4.69, 9.17) is 0 Å². The zero-order chi connectivity index (χ0) is 7.23. The van der Waals surface area contributed by atoms with E-state index in [0.717, 1.165) is 6.42 Å². The summed E-state index contributed by atoms with van der Waals surface area (Å²) in [7, 11) is 0. The van der Waals surface area contributed by atoms with Crippen LogP contribution in [0.5, 0.6) is 0 Å². The van der Waals surface area contributed by atoms with Gasteiger partial charge in [0.15, 0.2) is 18.6 Å². The van der Waals surface area contributed by atoms with E-state index in [-0.39, 0.29) is 12.4 Å². The molecule has 0 atom stereocenters. The minimum absolute atomic E-state index is 0. The molecule has 11 heavy (non-hydrogen) atoms. The second kappa shape index (κ2) is 5.93. The van der Waals surface area contributed by atoms with Gasteiger partial charge in [-0.15, -0.1) is 0 Å². The molecule has 1 rings (SSSR count). The molecule has 1 aromatic rings. The van der Waals surface area contributed by atoms with Crippen molar-refractivity contribution in [3.05, 3.63) is 36.7 Å². The average Bonchev–Trinajstić information content (AvgIpc) is 2.03. The number of allylic oxidation sites excluding steroid dienone is 1. The first-order valence-corrected chi connectivity index (χ1v) is 3.56. The fraction of sp³-hybridized carbons (Fsp3) is 0.222. The lowest BCUT2D eigenvalue weighted by molar-refractivity contribution is -0.568. The van der Waals surface area contributed by atoms with Crippen LogP contribution in [-0.2, 0) is 0 Å². The number of nitrogens with zero attached hydrogens (tertiary/aromatic N) is 1. The van der Waals surface area contributed by atoms with Crippen LogP contribution in [0.2, 0.25) is 0 Å². The Morgan fingerprint density at radius 1 is 1.18 bits per heavy atom. The fourth-order valence-electron chi connectivity index (χ4n) is 0.738. The third-order valence-corrected chi connectivity index (χ3v) is 1.25. The average molecular weight is 170 g/mol. The predicted molar refractivity (Wildman–Crippen MR) is 42.3 cm³/mol. The van der Waals surface area contributed by atoms with Crippen LogP contribution in [0.25, 0.3) is 6.20 Å². The van der Waals surface area contributed by atoms with Gasteiger partial charge in [-0.25, -0.2) is 0 Å². The molecule has 0 unspecified atom stereocenters. The maximum absolute atomic E-state index is 2.12. The van der Waals surface area contributed by atoms with Crippen molar-refractivity contribution < 1.29 is 17.0 Å². The van der Waals surface area contributed by atoms with Crippen molar-refractivity contribution in [1.82, 2.24) is 0 Å². The Hall–Kier alpha value is -0.820. The van der Waals surface area contributed by atoms with Crippen LogP contribution in [0.3, 0.4) is 0 Å². The second-order valence-corrected chi connectivity index (χ2v) is 2.12. The summed E-state index contributed by atoms with van der Waals surface area (Å²) in [4.78, 5) is 0. The Morgan fingerprint density at radius 3 is 2.36 bits per heavy atom. The molecular formula is C9H12ClN. The summed E-state index contributed by atoms with van der Waals surface area (Å²) in [6.07, 6.45) is 9.31. The highest BCUT2D eigenvalue weighted by atomic mass is 35.5. The van der Waals surface area contributed by atoms with Gasteiger partial charge in [-0.1, -0.05) is 13.0 Å². The molecule has 0 amide bonds. The number of hydrogen-bond donors (Lipinski definition) is 0. The summed E-state index contributed by atoms with van der Waals surface area (Å²) >= 11 is 0. The van der Waals surface area contributed by atoms with Gasteiger partial charge in [-0.2, -0.15) is 4.57 Å². The van der Waals surface area contributed by atoms with Crippen molar-refractivity contribution in [2.45, 2.75) is 13.3 Å². The fourth-order valence-corrected chi connectivity index (χ4v) is 0.738. The van der Waals surface area contributed by atoms with Gasteiger partial charge >= 0.3 is 0 Å². The first-order valence-electron chi connectivity index (χ1n) is 3.56. The quantitative estimate of drug-likeness (QED) is 0.493.